The van der Waals surface area contributed by atoms with Crippen molar-refractivity contribution in [2.45, 2.75) is 19.3 Å². The van der Waals surface area contributed by atoms with E-state index < -0.39 is 5.91 Å². The van der Waals surface area contributed by atoms with Crippen molar-refractivity contribution >= 4 is 57.8 Å². The van der Waals surface area contributed by atoms with Gasteiger partial charge in [-0.25, -0.2) is 0 Å². The van der Waals surface area contributed by atoms with Gasteiger partial charge >= 0.3 is 0 Å². The highest BCUT2D eigenvalue weighted by molar-refractivity contribution is 7.80. The molecule has 8 heteroatoms. The summed E-state index contributed by atoms with van der Waals surface area (Å²) in [5, 5.41) is 7.20. The van der Waals surface area contributed by atoms with Crippen molar-refractivity contribution in [3.63, 3.8) is 0 Å². The maximum absolute atomic E-state index is 12.6. The van der Waals surface area contributed by atoms with Crippen LogP contribution in [0.4, 0.5) is 11.4 Å². The summed E-state index contributed by atoms with van der Waals surface area (Å²) in [6, 6.07) is 16.2. The van der Waals surface area contributed by atoms with E-state index in [0.29, 0.717) is 15.8 Å². The molecule has 0 saturated carbocycles. The molecule has 1 aromatic heterocycles. The SMILES string of the molecule is O=C(NC(=S)Nc1cccc(Cl)c1N1CCCCC1)c1ccc(-c2cccc(Cl)c2)o1. The molecule has 1 amide bonds. The lowest BCUT2D eigenvalue weighted by Crippen LogP contribution is -2.35. The quantitative estimate of drug-likeness (QED) is 0.431. The third-order valence-electron chi connectivity index (χ3n) is 5.07. The Hall–Kier alpha value is -2.54. The first kappa shape index (κ1) is 21.7. The minimum absolute atomic E-state index is 0.154. The van der Waals surface area contributed by atoms with Crippen LogP contribution in [0.15, 0.2) is 59.0 Å². The number of amides is 1. The Labute approximate surface area is 196 Å². The van der Waals surface area contributed by atoms with Gasteiger partial charge in [0, 0.05) is 23.7 Å². The van der Waals surface area contributed by atoms with Gasteiger partial charge in [0.2, 0.25) is 0 Å². The number of thiocarbonyl (C=S) groups is 1. The number of hydrogen-bond acceptors (Lipinski definition) is 4. The minimum atomic E-state index is -0.438. The van der Waals surface area contributed by atoms with Gasteiger partial charge in [0.1, 0.15) is 5.76 Å². The number of para-hydroxylation sites is 1. The van der Waals surface area contributed by atoms with Crippen LogP contribution in [0.5, 0.6) is 0 Å². The van der Waals surface area contributed by atoms with Crippen LogP contribution < -0.4 is 15.5 Å². The Morgan fingerprint density at radius 1 is 1.00 bits per heavy atom. The van der Waals surface area contributed by atoms with Gasteiger partial charge in [0.15, 0.2) is 10.9 Å². The summed E-state index contributed by atoms with van der Waals surface area (Å²) in [5.41, 5.74) is 2.46. The Balaban J connectivity index is 1.45. The van der Waals surface area contributed by atoms with Gasteiger partial charge in [0.05, 0.1) is 16.4 Å². The van der Waals surface area contributed by atoms with E-state index in [9.17, 15) is 4.79 Å². The van der Waals surface area contributed by atoms with Crippen LogP contribution in [0.2, 0.25) is 10.0 Å². The highest BCUT2D eigenvalue weighted by Gasteiger charge is 2.19. The fraction of sp³-hybridized carbons (Fsp3) is 0.217. The van der Waals surface area contributed by atoms with E-state index in [1.165, 1.54) is 6.42 Å². The fourth-order valence-corrected chi connectivity index (χ4v) is 4.32. The number of carbonyl (C=O) groups excluding carboxylic acids is 1. The van der Waals surface area contributed by atoms with E-state index in [1.54, 1.807) is 24.3 Å². The number of rotatable bonds is 4. The van der Waals surface area contributed by atoms with Gasteiger partial charge in [-0.15, -0.1) is 0 Å². The number of carbonyl (C=O) groups is 1. The summed E-state index contributed by atoms with van der Waals surface area (Å²) in [6.07, 6.45) is 3.47. The van der Waals surface area contributed by atoms with Crippen molar-refractivity contribution < 1.29 is 9.21 Å². The zero-order chi connectivity index (χ0) is 21.8. The van der Waals surface area contributed by atoms with Gasteiger partial charge in [-0.2, -0.15) is 0 Å². The third-order valence-corrected chi connectivity index (χ3v) is 5.82. The number of nitrogens with one attached hydrogen (secondary N) is 2. The van der Waals surface area contributed by atoms with Crippen LogP contribution in [0.3, 0.4) is 0 Å². The van der Waals surface area contributed by atoms with Crippen molar-refractivity contribution in [1.29, 1.82) is 0 Å². The first-order valence-corrected chi connectivity index (χ1v) is 11.2. The van der Waals surface area contributed by atoms with Crippen LogP contribution in [-0.2, 0) is 0 Å². The summed E-state index contributed by atoms with van der Waals surface area (Å²) in [5.74, 6) is 0.266. The number of hydrogen-bond donors (Lipinski definition) is 2. The van der Waals surface area contributed by atoms with Crippen LogP contribution in [0, 0.1) is 0 Å². The molecular formula is C23H21Cl2N3O2S. The largest absolute Gasteiger partial charge is 0.451 e. The van der Waals surface area contributed by atoms with Gasteiger partial charge in [0.25, 0.3) is 5.91 Å². The molecule has 2 aromatic carbocycles. The van der Waals surface area contributed by atoms with E-state index >= 15 is 0 Å². The van der Waals surface area contributed by atoms with Gasteiger partial charge in [-0.3, -0.25) is 10.1 Å². The van der Waals surface area contributed by atoms with E-state index in [4.69, 9.17) is 39.8 Å². The molecule has 2 heterocycles. The average Bonchev–Trinajstić information content (AvgIpc) is 3.25. The molecule has 1 saturated heterocycles. The van der Waals surface area contributed by atoms with Crippen molar-refractivity contribution in [3.05, 3.63) is 70.4 Å². The first-order valence-electron chi connectivity index (χ1n) is 10.0. The van der Waals surface area contributed by atoms with E-state index in [2.05, 4.69) is 15.5 Å². The predicted molar refractivity (Wildman–Crippen MR) is 130 cm³/mol. The van der Waals surface area contributed by atoms with Crippen molar-refractivity contribution in [3.8, 4) is 11.3 Å². The fourth-order valence-electron chi connectivity index (χ4n) is 3.63. The molecule has 31 heavy (non-hydrogen) atoms. The maximum atomic E-state index is 12.6. The van der Waals surface area contributed by atoms with Crippen molar-refractivity contribution in [1.82, 2.24) is 5.32 Å². The van der Waals surface area contributed by atoms with E-state index in [1.807, 2.05) is 30.3 Å². The van der Waals surface area contributed by atoms with Gasteiger partial charge in [-0.05, 0) is 67.9 Å². The summed E-state index contributed by atoms with van der Waals surface area (Å²) >= 11 is 17.9. The molecule has 160 valence electrons. The first-order chi connectivity index (χ1) is 15.0. The number of piperidine rings is 1. The number of halogens is 2. The molecule has 1 aliphatic rings. The summed E-state index contributed by atoms with van der Waals surface area (Å²) < 4.78 is 5.69. The Bertz CT molecular complexity index is 1110. The molecule has 4 rings (SSSR count). The second-order valence-electron chi connectivity index (χ2n) is 7.27. The highest BCUT2D eigenvalue weighted by atomic mass is 35.5. The van der Waals surface area contributed by atoms with Crippen molar-refractivity contribution in [2.24, 2.45) is 0 Å². The smallest absolute Gasteiger partial charge is 0.293 e. The predicted octanol–water partition coefficient (Wildman–Crippen LogP) is 6.37. The molecular weight excluding hydrogens is 453 g/mol. The molecule has 0 bridgehead atoms. The summed E-state index contributed by atoms with van der Waals surface area (Å²) in [7, 11) is 0. The van der Waals surface area contributed by atoms with Crippen LogP contribution in [-0.4, -0.2) is 24.1 Å². The monoisotopic (exact) mass is 473 g/mol. The molecule has 0 unspecified atom stereocenters. The zero-order valence-corrected chi connectivity index (χ0v) is 19.0. The second-order valence-corrected chi connectivity index (χ2v) is 8.52. The summed E-state index contributed by atoms with van der Waals surface area (Å²) in [4.78, 5) is 14.9. The molecule has 3 aromatic rings. The normalized spacial score (nSPS) is 13.7. The zero-order valence-electron chi connectivity index (χ0n) is 16.7. The molecule has 1 fully saturated rings. The molecule has 0 radical (unpaired) electrons. The van der Waals surface area contributed by atoms with Crippen molar-refractivity contribution in [2.75, 3.05) is 23.3 Å². The van der Waals surface area contributed by atoms with E-state index in [-0.39, 0.29) is 10.9 Å². The highest BCUT2D eigenvalue weighted by Crippen LogP contribution is 2.35. The van der Waals surface area contributed by atoms with Crippen LogP contribution in [0.1, 0.15) is 29.8 Å². The third kappa shape index (κ3) is 5.21. The Kier molecular flexibility index (Phi) is 6.80. The van der Waals surface area contributed by atoms with Gasteiger partial charge < -0.3 is 14.6 Å². The molecule has 0 aliphatic carbocycles. The Morgan fingerprint density at radius 3 is 2.55 bits per heavy atom. The van der Waals surface area contributed by atoms with Crippen LogP contribution in [0.25, 0.3) is 11.3 Å². The number of furan rings is 1. The van der Waals surface area contributed by atoms with E-state index in [0.717, 1.165) is 42.9 Å². The molecule has 1 aliphatic heterocycles. The topological polar surface area (TPSA) is 57.5 Å². The minimum Gasteiger partial charge on any atom is -0.451 e. The maximum Gasteiger partial charge on any atom is 0.293 e. The summed E-state index contributed by atoms with van der Waals surface area (Å²) in [6.45, 7) is 1.88. The van der Waals surface area contributed by atoms with Crippen LogP contribution >= 0.6 is 35.4 Å². The lowest BCUT2D eigenvalue weighted by atomic mass is 10.1. The molecule has 5 nitrogen and oxygen atoms in total. The lowest BCUT2D eigenvalue weighted by molar-refractivity contribution is 0.0951. The number of anilines is 2. The number of nitrogens with zero attached hydrogens (tertiary/aromatic N) is 1. The number of benzene rings is 2. The second kappa shape index (κ2) is 9.73. The molecule has 0 atom stereocenters. The Morgan fingerprint density at radius 2 is 1.77 bits per heavy atom. The standard InChI is InChI=1S/C23H21Cl2N3O2S/c24-16-7-4-6-15(14-16)19-10-11-20(30-19)22(29)27-23(31)26-18-9-5-8-17(25)21(18)28-12-2-1-3-13-28/h4-11,14H,1-3,12-13H2,(H2,26,27,29,31). The average molecular weight is 474 g/mol. The lowest BCUT2D eigenvalue weighted by Gasteiger charge is -2.31. The molecule has 2 N–H and O–H groups in total. The van der Waals surface area contributed by atoms with Gasteiger partial charge in [-0.1, -0.05) is 41.4 Å². The molecule has 0 spiro atoms.